The summed E-state index contributed by atoms with van der Waals surface area (Å²) in [4.78, 5) is 11.7. The van der Waals surface area contributed by atoms with Crippen LogP contribution in [0.1, 0.15) is 22.8 Å². The molecule has 3 heteroatoms. The lowest BCUT2D eigenvalue weighted by atomic mass is 10.1. The normalized spacial score (nSPS) is 11.5. The van der Waals surface area contributed by atoms with E-state index in [0.29, 0.717) is 11.1 Å². The SMILES string of the molecule is C#CC(C)NC(=O)c1cccc(O)c1C. The van der Waals surface area contributed by atoms with Gasteiger partial charge in [0.15, 0.2) is 0 Å². The Morgan fingerprint density at radius 2 is 2.27 bits per heavy atom. The molecule has 0 aliphatic carbocycles. The number of benzene rings is 1. The summed E-state index contributed by atoms with van der Waals surface area (Å²) in [5.74, 6) is 2.24. The molecule has 0 fully saturated rings. The van der Waals surface area contributed by atoms with Gasteiger partial charge in [0.2, 0.25) is 0 Å². The van der Waals surface area contributed by atoms with Crippen LogP contribution in [0.2, 0.25) is 0 Å². The van der Waals surface area contributed by atoms with Crippen molar-refractivity contribution in [2.45, 2.75) is 19.9 Å². The highest BCUT2D eigenvalue weighted by Crippen LogP contribution is 2.19. The standard InChI is InChI=1S/C12H13NO2/c1-4-8(2)13-12(15)10-6-5-7-11(14)9(10)3/h1,5-8,14H,2-3H3,(H,13,15). The van der Waals surface area contributed by atoms with E-state index >= 15 is 0 Å². The van der Waals surface area contributed by atoms with Crippen molar-refractivity contribution < 1.29 is 9.90 Å². The maximum atomic E-state index is 11.7. The zero-order valence-corrected chi connectivity index (χ0v) is 8.74. The van der Waals surface area contributed by atoms with E-state index in [0.717, 1.165) is 0 Å². The number of phenols is 1. The van der Waals surface area contributed by atoms with Gasteiger partial charge in [-0.05, 0) is 26.0 Å². The number of aromatic hydroxyl groups is 1. The van der Waals surface area contributed by atoms with E-state index in [1.165, 1.54) is 6.07 Å². The minimum absolute atomic E-state index is 0.107. The Labute approximate surface area is 89.1 Å². The molecule has 2 N–H and O–H groups in total. The number of amides is 1. The first-order valence-electron chi connectivity index (χ1n) is 4.62. The molecule has 15 heavy (non-hydrogen) atoms. The molecule has 1 rings (SSSR count). The monoisotopic (exact) mass is 203 g/mol. The summed E-state index contributed by atoms with van der Waals surface area (Å²) in [6, 6.07) is 4.49. The molecular formula is C12H13NO2. The van der Waals surface area contributed by atoms with Crippen LogP contribution in [0.5, 0.6) is 5.75 Å². The van der Waals surface area contributed by atoms with Crippen LogP contribution >= 0.6 is 0 Å². The second-order valence-corrected chi connectivity index (χ2v) is 3.31. The van der Waals surface area contributed by atoms with Gasteiger partial charge in [-0.3, -0.25) is 4.79 Å². The zero-order chi connectivity index (χ0) is 11.4. The first-order chi connectivity index (χ1) is 7.06. The molecule has 0 radical (unpaired) electrons. The second kappa shape index (κ2) is 4.52. The predicted octanol–water partition coefficient (Wildman–Crippen LogP) is 1.45. The number of carbonyl (C=O) groups is 1. The average molecular weight is 203 g/mol. The lowest BCUT2D eigenvalue weighted by molar-refractivity contribution is 0.0947. The summed E-state index contributed by atoms with van der Waals surface area (Å²) >= 11 is 0. The minimum atomic E-state index is -0.320. The number of terminal acetylenes is 1. The van der Waals surface area contributed by atoms with E-state index in [2.05, 4.69) is 11.2 Å². The first kappa shape index (κ1) is 11.1. The van der Waals surface area contributed by atoms with Crippen molar-refractivity contribution in [1.82, 2.24) is 5.32 Å². The Hall–Kier alpha value is -1.95. The molecule has 0 aromatic heterocycles. The topological polar surface area (TPSA) is 49.3 Å². The fraction of sp³-hybridized carbons (Fsp3) is 0.250. The van der Waals surface area contributed by atoms with Gasteiger partial charge in [-0.25, -0.2) is 0 Å². The summed E-state index contributed by atoms with van der Waals surface area (Å²) in [5, 5.41) is 12.0. The number of hydrogen-bond acceptors (Lipinski definition) is 2. The molecule has 1 atom stereocenters. The lowest BCUT2D eigenvalue weighted by Gasteiger charge is -2.10. The van der Waals surface area contributed by atoms with Crippen molar-refractivity contribution in [3.8, 4) is 18.1 Å². The van der Waals surface area contributed by atoms with Gasteiger partial charge in [-0.2, -0.15) is 0 Å². The molecule has 78 valence electrons. The Bertz CT molecular complexity index is 418. The van der Waals surface area contributed by atoms with Gasteiger partial charge in [0.25, 0.3) is 5.91 Å². The van der Waals surface area contributed by atoms with E-state index in [1.54, 1.807) is 26.0 Å². The number of nitrogens with one attached hydrogen (secondary N) is 1. The summed E-state index contributed by atoms with van der Waals surface area (Å²) in [7, 11) is 0. The molecule has 0 heterocycles. The largest absolute Gasteiger partial charge is 0.508 e. The molecule has 1 amide bonds. The van der Waals surface area contributed by atoms with Gasteiger partial charge in [0.1, 0.15) is 5.75 Å². The number of phenolic OH excluding ortho intramolecular Hbond substituents is 1. The van der Waals surface area contributed by atoms with Crippen molar-refractivity contribution in [2.24, 2.45) is 0 Å². The Balaban J connectivity index is 2.93. The summed E-state index contributed by atoms with van der Waals surface area (Å²) < 4.78 is 0. The molecule has 0 bridgehead atoms. The molecule has 0 aliphatic rings. The number of rotatable bonds is 2. The van der Waals surface area contributed by atoms with Crippen LogP contribution in [0, 0.1) is 19.3 Å². The third-order valence-electron chi connectivity index (χ3n) is 2.15. The highest BCUT2D eigenvalue weighted by Gasteiger charge is 2.12. The number of carbonyl (C=O) groups excluding carboxylic acids is 1. The third-order valence-corrected chi connectivity index (χ3v) is 2.15. The van der Waals surface area contributed by atoms with E-state index in [-0.39, 0.29) is 17.7 Å². The average Bonchev–Trinajstić information content (AvgIpc) is 2.21. The van der Waals surface area contributed by atoms with Gasteiger partial charge >= 0.3 is 0 Å². The van der Waals surface area contributed by atoms with Crippen LogP contribution in [0.3, 0.4) is 0 Å². The molecule has 3 nitrogen and oxygen atoms in total. The molecule has 0 saturated heterocycles. The first-order valence-corrected chi connectivity index (χ1v) is 4.62. The van der Waals surface area contributed by atoms with Crippen LogP contribution in [0.25, 0.3) is 0 Å². The summed E-state index contributed by atoms with van der Waals surface area (Å²) in [5.41, 5.74) is 0.997. The van der Waals surface area contributed by atoms with E-state index in [4.69, 9.17) is 6.42 Å². The van der Waals surface area contributed by atoms with E-state index < -0.39 is 0 Å². The third kappa shape index (κ3) is 2.50. The Morgan fingerprint density at radius 3 is 2.87 bits per heavy atom. The van der Waals surface area contributed by atoms with Gasteiger partial charge in [-0.15, -0.1) is 6.42 Å². The summed E-state index contributed by atoms with van der Waals surface area (Å²) in [6.45, 7) is 3.40. The number of hydrogen-bond donors (Lipinski definition) is 2. The van der Waals surface area contributed by atoms with Crippen molar-refractivity contribution >= 4 is 5.91 Å². The van der Waals surface area contributed by atoms with Gasteiger partial charge < -0.3 is 10.4 Å². The van der Waals surface area contributed by atoms with E-state index in [1.807, 2.05) is 0 Å². The van der Waals surface area contributed by atoms with E-state index in [9.17, 15) is 9.90 Å². The van der Waals surface area contributed by atoms with Crippen LogP contribution in [0.15, 0.2) is 18.2 Å². The molecule has 0 aliphatic heterocycles. The van der Waals surface area contributed by atoms with Crippen molar-refractivity contribution in [3.63, 3.8) is 0 Å². The highest BCUT2D eigenvalue weighted by molar-refractivity contribution is 5.96. The Kier molecular flexibility index (Phi) is 3.35. The molecule has 1 aromatic carbocycles. The van der Waals surface area contributed by atoms with Crippen molar-refractivity contribution in [2.75, 3.05) is 0 Å². The van der Waals surface area contributed by atoms with Crippen LogP contribution in [0.4, 0.5) is 0 Å². The molecule has 0 spiro atoms. The molecular weight excluding hydrogens is 190 g/mol. The second-order valence-electron chi connectivity index (χ2n) is 3.31. The van der Waals surface area contributed by atoms with Crippen molar-refractivity contribution in [3.05, 3.63) is 29.3 Å². The highest BCUT2D eigenvalue weighted by atomic mass is 16.3. The van der Waals surface area contributed by atoms with Gasteiger partial charge in [0, 0.05) is 11.1 Å². The van der Waals surface area contributed by atoms with Crippen LogP contribution in [-0.4, -0.2) is 17.1 Å². The molecule has 0 saturated carbocycles. The maximum Gasteiger partial charge on any atom is 0.252 e. The lowest BCUT2D eigenvalue weighted by Crippen LogP contribution is -2.31. The maximum absolute atomic E-state index is 11.7. The summed E-state index contributed by atoms with van der Waals surface area (Å²) in [6.07, 6.45) is 5.15. The van der Waals surface area contributed by atoms with Crippen molar-refractivity contribution in [1.29, 1.82) is 0 Å². The molecule has 1 unspecified atom stereocenters. The molecule has 1 aromatic rings. The van der Waals surface area contributed by atoms with Crippen LogP contribution < -0.4 is 5.32 Å². The van der Waals surface area contributed by atoms with Gasteiger partial charge in [-0.1, -0.05) is 12.0 Å². The minimum Gasteiger partial charge on any atom is -0.508 e. The fourth-order valence-electron chi connectivity index (χ4n) is 1.19. The smallest absolute Gasteiger partial charge is 0.252 e. The quantitative estimate of drug-likeness (QED) is 0.715. The predicted molar refractivity (Wildman–Crippen MR) is 58.6 cm³/mol. The zero-order valence-electron chi connectivity index (χ0n) is 8.74. The van der Waals surface area contributed by atoms with Crippen LogP contribution in [-0.2, 0) is 0 Å². The van der Waals surface area contributed by atoms with Gasteiger partial charge in [0.05, 0.1) is 6.04 Å². The fourth-order valence-corrected chi connectivity index (χ4v) is 1.19. The Morgan fingerprint density at radius 1 is 1.60 bits per heavy atom.